The Hall–Kier alpha value is -4.04. The highest BCUT2D eigenvalue weighted by atomic mass is 15.0. The van der Waals surface area contributed by atoms with Gasteiger partial charge in [-0.15, -0.1) is 0 Å². The van der Waals surface area contributed by atoms with Crippen molar-refractivity contribution < 1.29 is 0 Å². The van der Waals surface area contributed by atoms with E-state index in [4.69, 9.17) is 0 Å². The standard InChI is InChI=1S/C28H20N2/c1-3-29-25-17-7-5-11-19(25)21-13-9-15-23(27(21)29)24-16-10-14-22-20-12-6-8-18-26(20)30(4-2)28(22)24/h3-18H,1-2H2. The normalized spacial score (nSPS) is 11.6. The van der Waals surface area contributed by atoms with Crippen molar-refractivity contribution in [2.75, 3.05) is 0 Å². The molecule has 0 bridgehead atoms. The van der Waals surface area contributed by atoms with Gasteiger partial charge in [0.2, 0.25) is 0 Å². The van der Waals surface area contributed by atoms with Crippen molar-refractivity contribution in [3.05, 3.63) is 98.1 Å². The SMILES string of the molecule is C=Cn1c2ccccc2c2cccc(-c3cccc4c5ccccc5n(C=C)c34)c21. The van der Waals surface area contributed by atoms with Gasteiger partial charge in [-0.2, -0.15) is 0 Å². The van der Waals surface area contributed by atoms with Crippen LogP contribution in [0.5, 0.6) is 0 Å². The van der Waals surface area contributed by atoms with Crippen LogP contribution in [-0.2, 0) is 0 Å². The molecule has 0 atom stereocenters. The Morgan fingerprint density at radius 1 is 0.467 bits per heavy atom. The molecule has 0 aliphatic heterocycles. The number of hydrogen-bond acceptors (Lipinski definition) is 0. The van der Waals surface area contributed by atoms with Crippen LogP contribution in [0.15, 0.2) is 98.1 Å². The summed E-state index contributed by atoms with van der Waals surface area (Å²) < 4.78 is 4.42. The smallest absolute Gasteiger partial charge is 0.0613 e. The Labute approximate surface area is 174 Å². The van der Waals surface area contributed by atoms with Crippen LogP contribution in [0, 0.1) is 0 Å². The van der Waals surface area contributed by atoms with Crippen molar-refractivity contribution >= 4 is 56.0 Å². The fourth-order valence-corrected chi connectivity index (χ4v) is 4.92. The van der Waals surface area contributed by atoms with E-state index in [0.29, 0.717) is 0 Å². The van der Waals surface area contributed by atoms with E-state index in [0.717, 1.165) is 0 Å². The minimum atomic E-state index is 1.17. The molecule has 0 saturated carbocycles. The first-order valence-corrected chi connectivity index (χ1v) is 10.1. The lowest BCUT2D eigenvalue weighted by atomic mass is 9.99. The molecule has 4 aromatic carbocycles. The Bertz CT molecular complexity index is 1500. The van der Waals surface area contributed by atoms with Crippen LogP contribution in [0.25, 0.3) is 67.1 Å². The van der Waals surface area contributed by atoms with E-state index in [2.05, 4.69) is 107 Å². The average molecular weight is 384 g/mol. The molecular weight excluding hydrogens is 364 g/mol. The molecule has 0 saturated heterocycles. The molecule has 2 aromatic heterocycles. The highest BCUT2D eigenvalue weighted by Gasteiger charge is 2.18. The lowest BCUT2D eigenvalue weighted by molar-refractivity contribution is 1.28. The zero-order valence-electron chi connectivity index (χ0n) is 16.5. The molecule has 0 spiro atoms. The summed E-state index contributed by atoms with van der Waals surface area (Å²) in [5.41, 5.74) is 7.10. The lowest BCUT2D eigenvalue weighted by Crippen LogP contribution is -1.92. The Morgan fingerprint density at radius 2 is 0.867 bits per heavy atom. The van der Waals surface area contributed by atoms with Gasteiger partial charge in [-0.3, -0.25) is 0 Å². The van der Waals surface area contributed by atoms with E-state index in [1.54, 1.807) is 0 Å². The van der Waals surface area contributed by atoms with Crippen molar-refractivity contribution in [3.63, 3.8) is 0 Å². The predicted molar refractivity (Wildman–Crippen MR) is 131 cm³/mol. The molecule has 2 heterocycles. The van der Waals surface area contributed by atoms with Gasteiger partial charge in [0.05, 0.1) is 22.1 Å². The number of fused-ring (bicyclic) bond motifs is 6. The van der Waals surface area contributed by atoms with Crippen molar-refractivity contribution in [3.8, 4) is 11.1 Å². The van der Waals surface area contributed by atoms with Gasteiger partial charge in [0.15, 0.2) is 0 Å². The van der Waals surface area contributed by atoms with Crippen LogP contribution in [-0.4, -0.2) is 9.13 Å². The van der Waals surface area contributed by atoms with Gasteiger partial charge in [-0.25, -0.2) is 0 Å². The summed E-state index contributed by atoms with van der Waals surface area (Å²) in [6.45, 7) is 8.22. The van der Waals surface area contributed by atoms with Crippen LogP contribution in [0.1, 0.15) is 0 Å². The summed E-state index contributed by atoms with van der Waals surface area (Å²) in [6, 6.07) is 30.1. The molecule has 0 amide bonds. The second kappa shape index (κ2) is 6.23. The zero-order valence-corrected chi connectivity index (χ0v) is 16.5. The first kappa shape index (κ1) is 16.9. The largest absolute Gasteiger partial charge is 0.316 e. The highest BCUT2D eigenvalue weighted by Crippen LogP contribution is 2.41. The van der Waals surface area contributed by atoms with E-state index in [9.17, 15) is 0 Å². The van der Waals surface area contributed by atoms with Gasteiger partial charge in [0.25, 0.3) is 0 Å². The van der Waals surface area contributed by atoms with Gasteiger partial charge < -0.3 is 9.13 Å². The van der Waals surface area contributed by atoms with Crippen LogP contribution in [0.4, 0.5) is 0 Å². The number of rotatable bonds is 3. The summed E-state index contributed by atoms with van der Waals surface area (Å²) in [6.07, 6.45) is 3.83. The van der Waals surface area contributed by atoms with E-state index in [1.807, 2.05) is 12.4 Å². The van der Waals surface area contributed by atoms with E-state index in [-0.39, 0.29) is 0 Å². The summed E-state index contributed by atoms with van der Waals surface area (Å²) in [5, 5.41) is 4.96. The van der Waals surface area contributed by atoms with E-state index >= 15 is 0 Å². The van der Waals surface area contributed by atoms with Crippen molar-refractivity contribution in [2.45, 2.75) is 0 Å². The Kier molecular flexibility index (Phi) is 3.50. The molecule has 2 heteroatoms. The van der Waals surface area contributed by atoms with Gasteiger partial charge in [-0.1, -0.05) is 86.0 Å². The van der Waals surface area contributed by atoms with Crippen LogP contribution >= 0.6 is 0 Å². The molecule has 0 aliphatic carbocycles. The number of nitrogens with zero attached hydrogens (tertiary/aromatic N) is 2. The van der Waals surface area contributed by atoms with Crippen molar-refractivity contribution in [1.82, 2.24) is 9.13 Å². The first-order chi connectivity index (χ1) is 14.8. The van der Waals surface area contributed by atoms with Crippen LogP contribution < -0.4 is 0 Å². The molecule has 6 aromatic rings. The highest BCUT2D eigenvalue weighted by molar-refractivity contribution is 6.18. The second-order valence-electron chi connectivity index (χ2n) is 7.54. The van der Waals surface area contributed by atoms with Crippen molar-refractivity contribution in [2.24, 2.45) is 0 Å². The number of para-hydroxylation sites is 4. The molecule has 6 rings (SSSR count). The number of benzene rings is 4. The molecule has 142 valence electrons. The molecule has 0 aliphatic rings. The summed E-state index contributed by atoms with van der Waals surface area (Å²) in [5.74, 6) is 0. The number of aromatic nitrogens is 2. The predicted octanol–water partition coefficient (Wildman–Crippen LogP) is 7.77. The maximum absolute atomic E-state index is 4.11. The third-order valence-electron chi connectivity index (χ3n) is 6.12. The Morgan fingerprint density at radius 3 is 1.30 bits per heavy atom. The molecule has 30 heavy (non-hydrogen) atoms. The topological polar surface area (TPSA) is 9.86 Å². The summed E-state index contributed by atoms with van der Waals surface area (Å²) in [4.78, 5) is 0. The fraction of sp³-hybridized carbons (Fsp3) is 0. The minimum absolute atomic E-state index is 1.17. The first-order valence-electron chi connectivity index (χ1n) is 10.1. The summed E-state index contributed by atoms with van der Waals surface area (Å²) >= 11 is 0. The summed E-state index contributed by atoms with van der Waals surface area (Å²) in [7, 11) is 0. The molecule has 2 nitrogen and oxygen atoms in total. The monoisotopic (exact) mass is 384 g/mol. The zero-order chi connectivity index (χ0) is 20.2. The van der Waals surface area contributed by atoms with Crippen LogP contribution in [0.2, 0.25) is 0 Å². The maximum Gasteiger partial charge on any atom is 0.0613 e. The number of hydrogen-bond donors (Lipinski definition) is 0. The average Bonchev–Trinajstić information content (AvgIpc) is 3.31. The van der Waals surface area contributed by atoms with E-state index in [1.165, 1.54) is 54.7 Å². The quantitative estimate of drug-likeness (QED) is 0.295. The maximum atomic E-state index is 4.11. The lowest BCUT2D eigenvalue weighted by Gasteiger charge is -2.11. The molecule has 0 radical (unpaired) electrons. The molecular formula is C28H20N2. The van der Waals surface area contributed by atoms with Gasteiger partial charge in [0.1, 0.15) is 0 Å². The van der Waals surface area contributed by atoms with E-state index < -0.39 is 0 Å². The van der Waals surface area contributed by atoms with Crippen LogP contribution in [0.3, 0.4) is 0 Å². The third-order valence-corrected chi connectivity index (χ3v) is 6.12. The van der Waals surface area contributed by atoms with Gasteiger partial charge in [0, 0.05) is 45.1 Å². The van der Waals surface area contributed by atoms with Gasteiger partial charge >= 0.3 is 0 Å². The Balaban J connectivity index is 1.84. The molecule has 0 N–H and O–H groups in total. The van der Waals surface area contributed by atoms with Crippen molar-refractivity contribution in [1.29, 1.82) is 0 Å². The van der Waals surface area contributed by atoms with Gasteiger partial charge in [-0.05, 0) is 12.1 Å². The fourth-order valence-electron chi connectivity index (χ4n) is 4.92. The molecule has 0 unspecified atom stereocenters. The molecule has 0 fully saturated rings. The minimum Gasteiger partial charge on any atom is -0.316 e. The third kappa shape index (κ3) is 2.08. The second-order valence-corrected chi connectivity index (χ2v) is 7.54.